The summed E-state index contributed by atoms with van der Waals surface area (Å²) < 4.78 is 5.98. The van der Waals surface area contributed by atoms with Crippen LogP contribution in [-0.2, 0) is 4.74 Å². The fourth-order valence-electron chi connectivity index (χ4n) is 3.03. The first-order chi connectivity index (χ1) is 6.25. The van der Waals surface area contributed by atoms with E-state index >= 15 is 0 Å². The van der Waals surface area contributed by atoms with Gasteiger partial charge in [-0.2, -0.15) is 0 Å². The van der Waals surface area contributed by atoms with E-state index in [1.54, 1.807) is 0 Å². The zero-order valence-corrected chi connectivity index (χ0v) is 9.55. The van der Waals surface area contributed by atoms with Crippen molar-refractivity contribution in [2.24, 2.45) is 5.92 Å². The standard InChI is InChI=1S/C11H21NO2/c1-9(2)5-8(10(3,4)14-9)11(13)6-12-7-11/h8,12-13H,5-7H2,1-4H3. The van der Waals surface area contributed by atoms with Crippen LogP contribution in [0.15, 0.2) is 0 Å². The highest BCUT2D eigenvalue weighted by molar-refractivity contribution is 5.09. The first-order valence-corrected chi connectivity index (χ1v) is 5.39. The maximum absolute atomic E-state index is 10.3. The van der Waals surface area contributed by atoms with Crippen molar-refractivity contribution in [3.63, 3.8) is 0 Å². The molecule has 82 valence electrons. The molecule has 14 heavy (non-hydrogen) atoms. The van der Waals surface area contributed by atoms with Crippen LogP contribution in [0.4, 0.5) is 0 Å². The molecule has 2 rings (SSSR count). The van der Waals surface area contributed by atoms with Gasteiger partial charge >= 0.3 is 0 Å². The van der Waals surface area contributed by atoms with Gasteiger partial charge in [0.05, 0.1) is 16.8 Å². The third-order valence-electron chi connectivity index (χ3n) is 3.59. The highest BCUT2D eigenvalue weighted by atomic mass is 16.5. The van der Waals surface area contributed by atoms with Crippen LogP contribution >= 0.6 is 0 Å². The molecule has 0 aromatic carbocycles. The second kappa shape index (κ2) is 2.71. The van der Waals surface area contributed by atoms with E-state index in [0.717, 1.165) is 6.42 Å². The number of ether oxygens (including phenoxy) is 1. The lowest BCUT2D eigenvalue weighted by Gasteiger charge is -2.46. The van der Waals surface area contributed by atoms with Crippen molar-refractivity contribution in [3.05, 3.63) is 0 Å². The molecule has 0 aromatic rings. The van der Waals surface area contributed by atoms with Gasteiger partial charge < -0.3 is 15.2 Å². The van der Waals surface area contributed by atoms with Crippen molar-refractivity contribution in [2.45, 2.75) is 50.9 Å². The van der Waals surface area contributed by atoms with E-state index in [1.807, 2.05) is 0 Å². The lowest BCUT2D eigenvalue weighted by atomic mass is 9.71. The molecule has 0 spiro atoms. The summed E-state index contributed by atoms with van der Waals surface area (Å²) in [6.07, 6.45) is 0.943. The molecule has 2 aliphatic heterocycles. The fraction of sp³-hybridized carbons (Fsp3) is 1.00. The summed E-state index contributed by atoms with van der Waals surface area (Å²) in [5.41, 5.74) is -0.850. The fourth-order valence-corrected chi connectivity index (χ4v) is 3.03. The summed E-state index contributed by atoms with van der Waals surface area (Å²) in [5.74, 6) is 0.242. The maximum atomic E-state index is 10.3. The third-order valence-corrected chi connectivity index (χ3v) is 3.59. The van der Waals surface area contributed by atoms with Gasteiger partial charge in [0, 0.05) is 19.0 Å². The van der Waals surface area contributed by atoms with E-state index in [9.17, 15) is 5.11 Å². The highest BCUT2D eigenvalue weighted by Gasteiger charge is 2.56. The van der Waals surface area contributed by atoms with Crippen LogP contribution in [0, 0.1) is 5.92 Å². The van der Waals surface area contributed by atoms with Crippen LogP contribution in [0.3, 0.4) is 0 Å². The molecule has 1 unspecified atom stereocenters. The smallest absolute Gasteiger partial charge is 0.0951 e. The molecule has 1 atom stereocenters. The summed E-state index contributed by atoms with van der Waals surface area (Å²) >= 11 is 0. The average Bonchev–Trinajstić information content (AvgIpc) is 2.14. The van der Waals surface area contributed by atoms with Crippen LogP contribution < -0.4 is 5.32 Å². The molecule has 3 heteroatoms. The lowest BCUT2D eigenvalue weighted by Crippen LogP contribution is -2.66. The molecular formula is C11H21NO2. The third kappa shape index (κ3) is 1.47. The van der Waals surface area contributed by atoms with Crippen LogP contribution in [0.2, 0.25) is 0 Å². The normalized spacial score (nSPS) is 37.9. The molecule has 0 bridgehead atoms. The second-order valence-electron chi connectivity index (χ2n) is 5.93. The summed E-state index contributed by atoms with van der Waals surface area (Å²) in [7, 11) is 0. The van der Waals surface area contributed by atoms with Crippen molar-refractivity contribution in [1.82, 2.24) is 5.32 Å². The Balaban J connectivity index is 2.19. The maximum Gasteiger partial charge on any atom is 0.0951 e. The van der Waals surface area contributed by atoms with Crippen molar-refractivity contribution >= 4 is 0 Å². The van der Waals surface area contributed by atoms with Gasteiger partial charge in [-0.1, -0.05) is 0 Å². The zero-order valence-electron chi connectivity index (χ0n) is 9.55. The van der Waals surface area contributed by atoms with E-state index in [0.29, 0.717) is 13.1 Å². The Bertz CT molecular complexity index is 244. The van der Waals surface area contributed by atoms with Gasteiger partial charge in [-0.25, -0.2) is 0 Å². The minimum atomic E-state index is -0.544. The Hall–Kier alpha value is -0.120. The first kappa shape index (κ1) is 10.4. The molecule has 2 heterocycles. The topological polar surface area (TPSA) is 41.5 Å². The largest absolute Gasteiger partial charge is 0.387 e. The number of aliphatic hydroxyl groups is 1. The Morgan fingerprint density at radius 3 is 2.07 bits per heavy atom. The minimum absolute atomic E-state index is 0.0977. The summed E-state index contributed by atoms with van der Waals surface area (Å²) in [6, 6.07) is 0. The Morgan fingerprint density at radius 2 is 1.79 bits per heavy atom. The van der Waals surface area contributed by atoms with Gasteiger partial charge in [-0.15, -0.1) is 0 Å². The SMILES string of the molecule is CC1(C)CC(C2(O)CNC2)C(C)(C)O1. The number of hydrogen-bond donors (Lipinski definition) is 2. The predicted octanol–water partition coefficient (Wildman–Crippen LogP) is 0.914. The molecule has 2 fully saturated rings. The quantitative estimate of drug-likeness (QED) is 0.659. The Labute approximate surface area is 85.8 Å². The van der Waals surface area contributed by atoms with Crippen molar-refractivity contribution in [3.8, 4) is 0 Å². The highest BCUT2D eigenvalue weighted by Crippen LogP contribution is 2.47. The van der Waals surface area contributed by atoms with E-state index < -0.39 is 5.60 Å². The van der Waals surface area contributed by atoms with Gasteiger partial charge in [0.1, 0.15) is 0 Å². The van der Waals surface area contributed by atoms with Gasteiger partial charge in [-0.3, -0.25) is 0 Å². The second-order valence-corrected chi connectivity index (χ2v) is 5.93. The molecule has 0 aliphatic carbocycles. The monoisotopic (exact) mass is 199 g/mol. The van der Waals surface area contributed by atoms with Gasteiger partial charge in [-0.05, 0) is 34.1 Å². The van der Waals surface area contributed by atoms with E-state index in [-0.39, 0.29) is 17.1 Å². The van der Waals surface area contributed by atoms with Crippen molar-refractivity contribution < 1.29 is 9.84 Å². The Morgan fingerprint density at radius 1 is 1.21 bits per heavy atom. The number of hydrogen-bond acceptors (Lipinski definition) is 3. The molecule has 0 radical (unpaired) electrons. The summed E-state index contributed by atoms with van der Waals surface area (Å²) in [5, 5.41) is 13.5. The van der Waals surface area contributed by atoms with Crippen LogP contribution in [0.5, 0.6) is 0 Å². The van der Waals surface area contributed by atoms with Crippen LogP contribution in [-0.4, -0.2) is 35.0 Å². The summed E-state index contributed by atoms with van der Waals surface area (Å²) in [6.45, 7) is 9.79. The molecule has 0 saturated carbocycles. The van der Waals surface area contributed by atoms with Gasteiger partial charge in [0.25, 0.3) is 0 Å². The molecule has 2 saturated heterocycles. The number of nitrogens with one attached hydrogen (secondary N) is 1. The molecule has 2 aliphatic rings. The summed E-state index contributed by atoms with van der Waals surface area (Å²) in [4.78, 5) is 0. The lowest BCUT2D eigenvalue weighted by molar-refractivity contribution is -0.129. The molecule has 2 N–H and O–H groups in total. The minimum Gasteiger partial charge on any atom is -0.387 e. The Kier molecular flexibility index (Phi) is 2.02. The van der Waals surface area contributed by atoms with E-state index in [2.05, 4.69) is 33.0 Å². The number of β-amino-alcohol motifs (C(OH)–C–C–N with tert-alkyl or cyclic N) is 1. The first-order valence-electron chi connectivity index (χ1n) is 5.39. The molecular weight excluding hydrogens is 178 g/mol. The molecule has 0 aromatic heterocycles. The van der Waals surface area contributed by atoms with Gasteiger partial charge in [0.15, 0.2) is 0 Å². The predicted molar refractivity (Wildman–Crippen MR) is 55.2 cm³/mol. The van der Waals surface area contributed by atoms with Crippen molar-refractivity contribution in [2.75, 3.05) is 13.1 Å². The van der Waals surface area contributed by atoms with Crippen LogP contribution in [0.1, 0.15) is 34.1 Å². The van der Waals surface area contributed by atoms with E-state index in [1.165, 1.54) is 0 Å². The zero-order chi connectivity index (χ0) is 10.6. The molecule has 0 amide bonds. The number of rotatable bonds is 1. The van der Waals surface area contributed by atoms with Gasteiger partial charge in [0.2, 0.25) is 0 Å². The average molecular weight is 199 g/mol. The van der Waals surface area contributed by atoms with Crippen LogP contribution in [0.25, 0.3) is 0 Å². The van der Waals surface area contributed by atoms with E-state index in [4.69, 9.17) is 4.74 Å². The molecule has 3 nitrogen and oxygen atoms in total. The van der Waals surface area contributed by atoms with Crippen molar-refractivity contribution in [1.29, 1.82) is 0 Å².